The maximum Gasteiger partial charge on any atom is 0.573 e. The summed E-state index contributed by atoms with van der Waals surface area (Å²) >= 11 is 0. The van der Waals surface area contributed by atoms with Gasteiger partial charge in [0.25, 0.3) is 0 Å². The Hall–Kier alpha value is -4.98. The number of piperazine rings is 1. The number of hydrogen-bond acceptors (Lipinski definition) is 9. The summed E-state index contributed by atoms with van der Waals surface area (Å²) in [6.45, 7) is 6.88. The summed E-state index contributed by atoms with van der Waals surface area (Å²) < 4.78 is 60.1. The molecule has 0 bridgehead atoms. The van der Waals surface area contributed by atoms with Crippen molar-refractivity contribution in [2.24, 2.45) is 0 Å². The van der Waals surface area contributed by atoms with Crippen LogP contribution in [0.15, 0.2) is 79.0 Å². The third-order valence-electron chi connectivity index (χ3n) is 7.50. The standard InChI is InChI=1S/C31H30F3N5O6/c1-30(20-38-19-28(39(40)41)35-29(38)45-30)21-42-24-8-4-23(5-9-24)37-16-14-36(15-17-37)18-22-2-6-25(7-3-22)43-26-10-12-27(13-11-26)44-31(32,33)34/h2-13,19H,14-18,20-21H2,1H3/t30-/m1/s1. The number of imidazole rings is 1. The molecular formula is C31H30F3N5O6. The summed E-state index contributed by atoms with van der Waals surface area (Å²) in [7, 11) is 0. The molecule has 236 valence electrons. The Balaban J connectivity index is 0.933. The van der Waals surface area contributed by atoms with Crippen LogP contribution in [0.1, 0.15) is 12.5 Å². The number of fused-ring (bicyclic) bond motifs is 1. The molecule has 1 fully saturated rings. The van der Waals surface area contributed by atoms with Gasteiger partial charge >= 0.3 is 18.2 Å². The Labute approximate surface area is 256 Å². The van der Waals surface area contributed by atoms with Gasteiger partial charge in [-0.3, -0.25) is 9.47 Å². The average Bonchev–Trinajstić information content (AvgIpc) is 3.54. The largest absolute Gasteiger partial charge is 0.573 e. The van der Waals surface area contributed by atoms with Crippen molar-refractivity contribution in [1.82, 2.24) is 14.5 Å². The Bertz CT molecular complexity index is 1600. The second kappa shape index (κ2) is 12.2. The van der Waals surface area contributed by atoms with Crippen molar-refractivity contribution >= 4 is 11.5 Å². The van der Waals surface area contributed by atoms with Crippen molar-refractivity contribution in [2.75, 3.05) is 37.7 Å². The lowest BCUT2D eigenvalue weighted by Crippen LogP contribution is -2.45. The molecule has 45 heavy (non-hydrogen) atoms. The molecule has 3 aromatic carbocycles. The molecule has 1 aromatic heterocycles. The Morgan fingerprint density at radius 1 is 0.911 bits per heavy atom. The normalized spacial score (nSPS) is 18.3. The maximum absolute atomic E-state index is 12.3. The molecular weight excluding hydrogens is 595 g/mol. The van der Waals surface area contributed by atoms with E-state index in [-0.39, 0.29) is 24.2 Å². The van der Waals surface area contributed by atoms with Crippen molar-refractivity contribution in [3.05, 3.63) is 94.7 Å². The smallest absolute Gasteiger partial charge is 0.489 e. The van der Waals surface area contributed by atoms with E-state index >= 15 is 0 Å². The number of nitrogens with zero attached hydrogens (tertiary/aromatic N) is 5. The van der Waals surface area contributed by atoms with Crippen LogP contribution in [0.2, 0.25) is 0 Å². The summed E-state index contributed by atoms with van der Waals surface area (Å²) in [5.74, 6) is 1.17. The topological polar surface area (TPSA) is 104 Å². The van der Waals surface area contributed by atoms with Crippen LogP contribution in [0.25, 0.3) is 0 Å². The van der Waals surface area contributed by atoms with Gasteiger partial charge in [0.2, 0.25) is 0 Å². The fourth-order valence-corrected chi connectivity index (χ4v) is 5.28. The van der Waals surface area contributed by atoms with E-state index in [1.54, 1.807) is 4.57 Å². The van der Waals surface area contributed by atoms with Crippen LogP contribution in [-0.4, -0.2) is 64.1 Å². The van der Waals surface area contributed by atoms with Crippen LogP contribution < -0.4 is 23.8 Å². The second-order valence-corrected chi connectivity index (χ2v) is 11.1. The summed E-state index contributed by atoms with van der Waals surface area (Å²) in [6, 6.07) is 21.1. The van der Waals surface area contributed by atoms with Gasteiger partial charge in [-0.25, -0.2) is 0 Å². The van der Waals surface area contributed by atoms with Crippen LogP contribution in [0.3, 0.4) is 0 Å². The predicted octanol–water partition coefficient (Wildman–Crippen LogP) is 6.03. The van der Waals surface area contributed by atoms with Crippen molar-refractivity contribution in [3.8, 4) is 29.0 Å². The van der Waals surface area contributed by atoms with Gasteiger partial charge in [0.05, 0.1) is 6.54 Å². The number of hydrogen-bond donors (Lipinski definition) is 0. The lowest BCUT2D eigenvalue weighted by atomic mass is 10.1. The Morgan fingerprint density at radius 3 is 2.11 bits per heavy atom. The molecule has 0 N–H and O–H groups in total. The lowest BCUT2D eigenvalue weighted by molar-refractivity contribution is -0.389. The highest BCUT2D eigenvalue weighted by molar-refractivity contribution is 5.49. The van der Waals surface area contributed by atoms with E-state index in [2.05, 4.69) is 19.5 Å². The van der Waals surface area contributed by atoms with E-state index in [0.717, 1.165) is 44.0 Å². The molecule has 1 atom stereocenters. The van der Waals surface area contributed by atoms with E-state index in [1.807, 2.05) is 55.5 Å². The molecule has 0 radical (unpaired) electrons. The quantitative estimate of drug-likeness (QED) is 0.154. The second-order valence-electron chi connectivity index (χ2n) is 11.1. The fraction of sp³-hybridized carbons (Fsp3) is 0.323. The molecule has 1 saturated heterocycles. The first-order chi connectivity index (χ1) is 21.5. The first-order valence-corrected chi connectivity index (χ1v) is 14.2. The number of rotatable bonds is 10. The minimum Gasteiger partial charge on any atom is -0.489 e. The monoisotopic (exact) mass is 625 g/mol. The first kappa shape index (κ1) is 30.1. The van der Waals surface area contributed by atoms with E-state index in [0.29, 0.717) is 23.8 Å². The summed E-state index contributed by atoms with van der Waals surface area (Å²) in [5, 5.41) is 10.9. The number of ether oxygens (including phenoxy) is 4. The van der Waals surface area contributed by atoms with Crippen LogP contribution in [0, 0.1) is 10.1 Å². The predicted molar refractivity (Wildman–Crippen MR) is 157 cm³/mol. The summed E-state index contributed by atoms with van der Waals surface area (Å²) in [4.78, 5) is 19.0. The number of benzene rings is 3. The fourth-order valence-electron chi connectivity index (χ4n) is 5.28. The molecule has 0 unspecified atom stereocenters. The highest BCUT2D eigenvalue weighted by Gasteiger charge is 2.41. The zero-order valence-corrected chi connectivity index (χ0v) is 24.3. The summed E-state index contributed by atoms with van der Waals surface area (Å²) in [5.41, 5.74) is 1.56. The molecule has 0 saturated carbocycles. The lowest BCUT2D eigenvalue weighted by Gasteiger charge is -2.36. The van der Waals surface area contributed by atoms with Gasteiger partial charge in [0.1, 0.15) is 35.8 Å². The molecule has 6 rings (SSSR count). The molecule has 3 heterocycles. The maximum atomic E-state index is 12.3. The molecule has 2 aliphatic heterocycles. The molecule has 2 aliphatic rings. The number of anilines is 1. The number of aromatic nitrogens is 2. The Kier molecular flexibility index (Phi) is 8.14. The van der Waals surface area contributed by atoms with E-state index in [1.165, 1.54) is 30.5 Å². The van der Waals surface area contributed by atoms with Gasteiger partial charge in [-0.05, 0) is 78.1 Å². The van der Waals surface area contributed by atoms with Gasteiger partial charge in [-0.1, -0.05) is 12.1 Å². The number of alkyl halides is 3. The Morgan fingerprint density at radius 2 is 1.51 bits per heavy atom. The minimum atomic E-state index is -4.73. The van der Waals surface area contributed by atoms with Crippen LogP contribution in [0.4, 0.5) is 24.7 Å². The van der Waals surface area contributed by atoms with Gasteiger partial charge in [0.15, 0.2) is 5.60 Å². The van der Waals surface area contributed by atoms with E-state index in [4.69, 9.17) is 14.2 Å². The molecule has 4 aromatic rings. The third kappa shape index (κ3) is 7.58. The third-order valence-corrected chi connectivity index (χ3v) is 7.50. The molecule has 0 amide bonds. The molecule has 11 nitrogen and oxygen atoms in total. The van der Waals surface area contributed by atoms with E-state index in [9.17, 15) is 23.3 Å². The van der Waals surface area contributed by atoms with Crippen LogP contribution in [-0.2, 0) is 13.1 Å². The highest BCUT2D eigenvalue weighted by atomic mass is 19.4. The minimum absolute atomic E-state index is 0.221. The average molecular weight is 626 g/mol. The first-order valence-electron chi connectivity index (χ1n) is 14.2. The molecule has 0 aliphatic carbocycles. The number of nitro groups is 1. The molecule has 14 heteroatoms. The van der Waals surface area contributed by atoms with Crippen molar-refractivity contribution in [1.29, 1.82) is 0 Å². The number of halogens is 3. The van der Waals surface area contributed by atoms with Gasteiger partial charge in [-0.15, -0.1) is 13.2 Å². The van der Waals surface area contributed by atoms with Crippen molar-refractivity contribution in [3.63, 3.8) is 0 Å². The SMILES string of the molecule is C[C@]1(COc2ccc(N3CCN(Cc4ccc(Oc5ccc(OC(F)(F)F)cc5)cc4)CC3)cc2)Cn2cc([N+](=O)[O-])nc2O1. The van der Waals surface area contributed by atoms with Gasteiger partial charge in [-0.2, -0.15) is 0 Å². The zero-order chi connectivity index (χ0) is 31.6. The van der Waals surface area contributed by atoms with Gasteiger partial charge < -0.3 is 34.0 Å². The summed E-state index contributed by atoms with van der Waals surface area (Å²) in [6.07, 6.45) is -3.36. The van der Waals surface area contributed by atoms with Gasteiger partial charge in [0, 0.05) is 43.4 Å². The zero-order valence-electron chi connectivity index (χ0n) is 24.3. The van der Waals surface area contributed by atoms with Crippen LogP contribution in [0.5, 0.6) is 29.0 Å². The van der Waals surface area contributed by atoms with Crippen LogP contribution >= 0.6 is 0 Å². The van der Waals surface area contributed by atoms with Crippen molar-refractivity contribution in [2.45, 2.75) is 32.0 Å². The highest BCUT2D eigenvalue weighted by Crippen LogP contribution is 2.32. The van der Waals surface area contributed by atoms with E-state index < -0.39 is 16.9 Å². The van der Waals surface area contributed by atoms with Crippen molar-refractivity contribution < 1.29 is 37.0 Å². The molecule has 0 spiro atoms.